The Morgan fingerprint density at radius 1 is 0.593 bits per heavy atom. The Morgan fingerprint density at radius 2 is 0.889 bits per heavy atom. The molecular formula is C21H48O4SiTi. The second kappa shape index (κ2) is 14.7. The second-order valence-electron chi connectivity index (χ2n) is 8.60. The van der Waals surface area contributed by atoms with Crippen LogP contribution in [0.5, 0.6) is 0 Å². The van der Waals surface area contributed by atoms with E-state index in [4.69, 9.17) is 13.0 Å². The molecule has 0 saturated heterocycles. The normalized spacial score (nSPS) is 13.3. The molecule has 0 unspecified atom stereocenters. The third kappa shape index (κ3) is 12.1. The van der Waals surface area contributed by atoms with Gasteiger partial charge in [-0.25, -0.2) is 0 Å². The van der Waals surface area contributed by atoms with Gasteiger partial charge in [-0.05, 0) is 0 Å². The number of rotatable bonds is 17. The van der Waals surface area contributed by atoms with Gasteiger partial charge in [-0.2, -0.15) is 0 Å². The molecule has 0 fully saturated rings. The molecular weight excluding hydrogens is 392 g/mol. The Kier molecular flexibility index (Phi) is 15.1. The van der Waals surface area contributed by atoms with Crippen molar-refractivity contribution in [2.75, 3.05) is 0 Å². The predicted molar refractivity (Wildman–Crippen MR) is 115 cm³/mol. The average molecular weight is 441 g/mol. The van der Waals surface area contributed by atoms with Crippen LogP contribution in [0.2, 0.25) is 18.1 Å². The molecule has 0 aromatic rings. The van der Waals surface area contributed by atoms with Gasteiger partial charge in [0.05, 0.1) is 0 Å². The summed E-state index contributed by atoms with van der Waals surface area (Å²) in [5, 5.41) is 0. The zero-order valence-electron chi connectivity index (χ0n) is 19.7. The molecule has 0 aliphatic carbocycles. The molecule has 0 aliphatic heterocycles. The Hall–Kier alpha value is 0.771. The molecule has 0 aromatic heterocycles. The van der Waals surface area contributed by atoms with Gasteiger partial charge >= 0.3 is 177 Å². The fourth-order valence-corrected chi connectivity index (χ4v) is 15.6. The van der Waals surface area contributed by atoms with Crippen LogP contribution in [0.25, 0.3) is 0 Å². The third-order valence-corrected chi connectivity index (χ3v) is 15.7. The monoisotopic (exact) mass is 440 g/mol. The van der Waals surface area contributed by atoms with E-state index in [-0.39, 0.29) is 18.3 Å². The summed E-state index contributed by atoms with van der Waals surface area (Å²) in [5.74, 6) is 0. The summed E-state index contributed by atoms with van der Waals surface area (Å²) in [5.41, 5.74) is 0. The first-order valence-electron chi connectivity index (χ1n) is 11.4. The van der Waals surface area contributed by atoms with Gasteiger partial charge in [-0.15, -0.1) is 0 Å². The van der Waals surface area contributed by atoms with Crippen molar-refractivity contribution < 1.29 is 31.1 Å². The minimum atomic E-state index is -3.84. The Bertz CT molecular complexity index is 316. The molecule has 6 heteroatoms. The summed E-state index contributed by atoms with van der Waals surface area (Å²) in [7, 11) is -1.99. The van der Waals surface area contributed by atoms with Crippen LogP contribution in [-0.4, -0.2) is 26.6 Å². The van der Waals surface area contributed by atoms with Crippen molar-refractivity contribution in [2.24, 2.45) is 0 Å². The summed E-state index contributed by atoms with van der Waals surface area (Å²) in [6.45, 7) is 19.2. The Balaban J connectivity index is 5.90. The van der Waals surface area contributed by atoms with Crippen LogP contribution >= 0.6 is 0 Å². The van der Waals surface area contributed by atoms with E-state index in [9.17, 15) is 0 Å². The molecule has 0 saturated carbocycles. The van der Waals surface area contributed by atoms with E-state index >= 15 is 0 Å². The summed E-state index contributed by atoms with van der Waals surface area (Å²) >= 11 is -3.84. The van der Waals surface area contributed by atoms with Crippen LogP contribution in [0, 0.1) is 0 Å². The van der Waals surface area contributed by atoms with Gasteiger partial charge in [-0.1, -0.05) is 0 Å². The van der Waals surface area contributed by atoms with Gasteiger partial charge in [0.25, 0.3) is 0 Å². The molecule has 164 valence electrons. The molecule has 4 nitrogen and oxygen atoms in total. The SMILES string of the molecule is CCCC[Si](CCCC)(CCCC)[O][Ti]([O]C(C)C)([O]C(C)C)[O]C(C)C. The van der Waals surface area contributed by atoms with Gasteiger partial charge in [0.1, 0.15) is 0 Å². The van der Waals surface area contributed by atoms with Gasteiger partial charge in [-0.3, -0.25) is 0 Å². The zero-order chi connectivity index (χ0) is 20.9. The van der Waals surface area contributed by atoms with E-state index < -0.39 is 26.5 Å². The van der Waals surface area contributed by atoms with Crippen LogP contribution in [0.4, 0.5) is 0 Å². The van der Waals surface area contributed by atoms with Crippen molar-refractivity contribution in [3.8, 4) is 0 Å². The van der Waals surface area contributed by atoms with Crippen LogP contribution in [0.3, 0.4) is 0 Å². The van der Waals surface area contributed by atoms with Crippen LogP contribution < -0.4 is 0 Å². The van der Waals surface area contributed by atoms with Crippen LogP contribution in [-0.2, 0) is 31.1 Å². The van der Waals surface area contributed by atoms with Crippen LogP contribution in [0.1, 0.15) is 101 Å². The molecule has 0 aliphatic rings. The van der Waals surface area contributed by atoms with Gasteiger partial charge in [0.15, 0.2) is 0 Å². The topological polar surface area (TPSA) is 36.9 Å². The van der Waals surface area contributed by atoms with Crippen molar-refractivity contribution in [1.82, 2.24) is 0 Å². The Morgan fingerprint density at radius 3 is 1.11 bits per heavy atom. The molecule has 0 N–H and O–H groups in total. The van der Waals surface area contributed by atoms with E-state index in [1.807, 2.05) is 0 Å². The molecule has 0 atom stereocenters. The van der Waals surface area contributed by atoms with E-state index in [0.29, 0.717) is 0 Å². The minimum absolute atomic E-state index is 0.0396. The second-order valence-corrected chi connectivity index (χ2v) is 16.3. The van der Waals surface area contributed by atoms with Gasteiger partial charge in [0, 0.05) is 0 Å². The molecule has 0 bridgehead atoms. The van der Waals surface area contributed by atoms with Crippen molar-refractivity contribution in [2.45, 2.75) is 137 Å². The fourth-order valence-electron chi connectivity index (χ4n) is 3.31. The summed E-state index contributed by atoms with van der Waals surface area (Å²) < 4.78 is 26.4. The average Bonchev–Trinajstić information content (AvgIpc) is 2.54. The summed E-state index contributed by atoms with van der Waals surface area (Å²) in [4.78, 5) is 0. The van der Waals surface area contributed by atoms with Gasteiger partial charge in [0.2, 0.25) is 0 Å². The first kappa shape index (κ1) is 27.8. The molecule has 0 aromatic carbocycles. The number of hydrogen-bond donors (Lipinski definition) is 0. The number of unbranched alkanes of at least 4 members (excludes halogenated alkanes) is 3. The fraction of sp³-hybridized carbons (Fsp3) is 1.00. The van der Waals surface area contributed by atoms with Crippen LogP contribution in [0.15, 0.2) is 0 Å². The molecule has 0 radical (unpaired) electrons. The molecule has 27 heavy (non-hydrogen) atoms. The maximum atomic E-state index is 7.12. The number of hydrogen-bond acceptors (Lipinski definition) is 4. The molecule has 0 heterocycles. The van der Waals surface area contributed by atoms with Crippen molar-refractivity contribution in [3.63, 3.8) is 0 Å². The Labute approximate surface area is 176 Å². The van der Waals surface area contributed by atoms with E-state index in [1.165, 1.54) is 56.7 Å². The zero-order valence-corrected chi connectivity index (χ0v) is 22.3. The van der Waals surface area contributed by atoms with E-state index in [2.05, 4.69) is 62.3 Å². The quantitative estimate of drug-likeness (QED) is 0.220. The first-order chi connectivity index (χ1) is 12.6. The van der Waals surface area contributed by atoms with Crippen molar-refractivity contribution >= 4 is 8.32 Å². The summed E-state index contributed by atoms with van der Waals surface area (Å²) in [6, 6.07) is 3.59. The van der Waals surface area contributed by atoms with Gasteiger partial charge < -0.3 is 0 Å². The predicted octanol–water partition coefficient (Wildman–Crippen LogP) is 7.44. The molecule has 0 amide bonds. The van der Waals surface area contributed by atoms with E-state index in [1.54, 1.807) is 0 Å². The third-order valence-electron chi connectivity index (χ3n) is 4.44. The van der Waals surface area contributed by atoms with Crippen molar-refractivity contribution in [3.05, 3.63) is 0 Å². The summed E-state index contributed by atoms with van der Waals surface area (Å²) in [6.07, 6.45) is 7.41. The van der Waals surface area contributed by atoms with E-state index in [0.717, 1.165) is 0 Å². The molecule has 0 rings (SSSR count). The van der Waals surface area contributed by atoms with Crippen molar-refractivity contribution in [1.29, 1.82) is 0 Å². The standard InChI is InChI=1S/C12H27OSi.3C3H7O.Ti/c1-4-7-10-14(13,11-8-5-2)12-9-6-3;3*1-3(2)4;/h4-12H2,1-3H3;3*3H,1-2H3;/q4*-1;+4. The maximum absolute atomic E-state index is 7.12. The first-order valence-corrected chi connectivity index (χ1v) is 16.5. The molecule has 0 spiro atoms.